The van der Waals surface area contributed by atoms with Gasteiger partial charge in [0.25, 0.3) is 0 Å². The summed E-state index contributed by atoms with van der Waals surface area (Å²) in [5.41, 5.74) is 4.30. The maximum Gasteiger partial charge on any atom is 0.229 e. The maximum atomic E-state index is 12.2. The van der Waals surface area contributed by atoms with Crippen LogP contribution in [0.3, 0.4) is 0 Å². The van der Waals surface area contributed by atoms with Crippen molar-refractivity contribution in [2.75, 3.05) is 5.32 Å². The molecule has 1 aliphatic rings. The van der Waals surface area contributed by atoms with E-state index in [0.717, 1.165) is 36.9 Å². The molecule has 1 saturated carbocycles. The van der Waals surface area contributed by atoms with E-state index < -0.39 is 0 Å². The molecule has 4 rings (SSSR count). The van der Waals surface area contributed by atoms with Crippen LogP contribution in [-0.2, 0) is 4.79 Å². The highest BCUT2D eigenvalue weighted by Gasteiger charge is 2.23. The van der Waals surface area contributed by atoms with E-state index in [2.05, 4.69) is 52.0 Å². The molecule has 1 heterocycles. The Bertz CT molecular complexity index is 961. The van der Waals surface area contributed by atoms with Crippen LogP contribution in [0.1, 0.15) is 25.7 Å². The van der Waals surface area contributed by atoms with Crippen LogP contribution in [0.25, 0.3) is 22.4 Å². The first-order chi connectivity index (χ1) is 13.7. The van der Waals surface area contributed by atoms with Crippen LogP contribution >= 0.6 is 23.6 Å². The second-order valence-electron chi connectivity index (χ2n) is 6.91. The van der Waals surface area contributed by atoms with Gasteiger partial charge in [0.1, 0.15) is 0 Å². The summed E-state index contributed by atoms with van der Waals surface area (Å²) in [5, 5.41) is 8.81. The van der Waals surface area contributed by atoms with E-state index in [1.807, 2.05) is 23.6 Å². The molecule has 2 aromatic carbocycles. The summed E-state index contributed by atoms with van der Waals surface area (Å²) in [6, 6.07) is 18.6. The quantitative estimate of drug-likeness (QED) is 0.562. The van der Waals surface area contributed by atoms with Gasteiger partial charge in [0.05, 0.1) is 5.69 Å². The van der Waals surface area contributed by atoms with E-state index in [0.29, 0.717) is 10.2 Å². The molecule has 0 aliphatic heterocycles. The first kappa shape index (κ1) is 18.8. The molecule has 142 valence electrons. The molecule has 0 radical (unpaired) electrons. The number of carbonyl (C=O) groups excluding carboxylic acids is 1. The molecule has 0 spiro atoms. The molecule has 0 atom stereocenters. The van der Waals surface area contributed by atoms with Gasteiger partial charge in [-0.05, 0) is 36.2 Å². The van der Waals surface area contributed by atoms with E-state index in [1.165, 1.54) is 22.5 Å². The van der Waals surface area contributed by atoms with E-state index >= 15 is 0 Å². The minimum absolute atomic E-state index is 0.0169. The summed E-state index contributed by atoms with van der Waals surface area (Å²) in [5.74, 6) is 0.109. The molecule has 1 amide bonds. The molecule has 28 heavy (non-hydrogen) atoms. The summed E-state index contributed by atoms with van der Waals surface area (Å²) in [4.78, 5) is 16.8. The van der Waals surface area contributed by atoms with Crippen LogP contribution in [0.2, 0.25) is 0 Å². The SMILES string of the molecule is O=C(NC(=S)Nc1nc(-c2ccc(-c3ccccc3)cc2)cs1)C1CCCC1. The van der Waals surface area contributed by atoms with Crippen LogP contribution in [0.15, 0.2) is 60.0 Å². The van der Waals surface area contributed by atoms with Gasteiger partial charge < -0.3 is 10.6 Å². The number of anilines is 1. The van der Waals surface area contributed by atoms with Gasteiger partial charge in [-0.15, -0.1) is 11.3 Å². The third-order valence-electron chi connectivity index (χ3n) is 4.98. The number of nitrogens with zero attached hydrogens (tertiary/aromatic N) is 1. The van der Waals surface area contributed by atoms with E-state index in [9.17, 15) is 4.79 Å². The zero-order valence-electron chi connectivity index (χ0n) is 15.4. The van der Waals surface area contributed by atoms with Crippen LogP contribution < -0.4 is 10.6 Å². The van der Waals surface area contributed by atoms with Gasteiger partial charge in [0, 0.05) is 16.9 Å². The van der Waals surface area contributed by atoms with E-state index in [4.69, 9.17) is 12.2 Å². The average molecular weight is 408 g/mol. The average Bonchev–Trinajstić information content (AvgIpc) is 3.41. The first-order valence-corrected chi connectivity index (χ1v) is 10.7. The zero-order chi connectivity index (χ0) is 19.3. The Morgan fingerprint density at radius 3 is 2.32 bits per heavy atom. The fourth-order valence-electron chi connectivity index (χ4n) is 3.46. The monoisotopic (exact) mass is 407 g/mol. The van der Waals surface area contributed by atoms with Crippen LogP contribution in [0.5, 0.6) is 0 Å². The van der Waals surface area contributed by atoms with Crippen molar-refractivity contribution in [3.63, 3.8) is 0 Å². The number of rotatable bonds is 4. The predicted octanol–water partition coefficient (Wildman–Crippen LogP) is 5.48. The standard InChI is InChI=1S/C22H21N3OS2/c26-20(18-8-4-5-9-18)24-21(27)25-22-23-19(14-28-22)17-12-10-16(11-13-17)15-6-2-1-3-7-15/h1-3,6-7,10-14,18H,4-5,8-9H2,(H2,23,24,25,26,27). The second kappa shape index (κ2) is 8.63. The number of carbonyl (C=O) groups is 1. The number of hydrogen-bond acceptors (Lipinski definition) is 4. The van der Waals surface area contributed by atoms with Gasteiger partial charge in [-0.25, -0.2) is 4.98 Å². The number of benzene rings is 2. The fourth-order valence-corrected chi connectivity index (χ4v) is 4.44. The van der Waals surface area contributed by atoms with Gasteiger partial charge in [-0.1, -0.05) is 67.4 Å². The van der Waals surface area contributed by atoms with E-state index in [-0.39, 0.29) is 11.8 Å². The van der Waals surface area contributed by atoms with Crippen LogP contribution in [0, 0.1) is 5.92 Å². The third-order valence-corrected chi connectivity index (χ3v) is 5.94. The molecule has 2 N–H and O–H groups in total. The zero-order valence-corrected chi connectivity index (χ0v) is 17.0. The lowest BCUT2D eigenvalue weighted by molar-refractivity contribution is -0.123. The fraction of sp³-hybridized carbons (Fsp3) is 0.227. The Hall–Kier alpha value is -2.57. The summed E-state index contributed by atoms with van der Waals surface area (Å²) in [6.07, 6.45) is 4.15. The molecular weight excluding hydrogens is 386 g/mol. The van der Waals surface area contributed by atoms with Crippen molar-refractivity contribution in [1.82, 2.24) is 10.3 Å². The Morgan fingerprint density at radius 1 is 0.964 bits per heavy atom. The highest BCUT2D eigenvalue weighted by Crippen LogP contribution is 2.28. The van der Waals surface area contributed by atoms with Crippen LogP contribution in [0.4, 0.5) is 5.13 Å². The summed E-state index contributed by atoms with van der Waals surface area (Å²) >= 11 is 6.74. The Balaban J connectivity index is 1.38. The molecular formula is C22H21N3OS2. The molecule has 6 heteroatoms. The van der Waals surface area contributed by atoms with Gasteiger partial charge in [0.15, 0.2) is 10.2 Å². The summed E-state index contributed by atoms with van der Waals surface area (Å²) in [6.45, 7) is 0. The molecule has 3 aromatic rings. The normalized spacial score (nSPS) is 14.0. The molecule has 0 bridgehead atoms. The van der Waals surface area contributed by atoms with Gasteiger partial charge in [-0.2, -0.15) is 0 Å². The van der Waals surface area contributed by atoms with Crippen LogP contribution in [-0.4, -0.2) is 16.0 Å². The molecule has 4 nitrogen and oxygen atoms in total. The third kappa shape index (κ3) is 4.46. The second-order valence-corrected chi connectivity index (χ2v) is 8.17. The number of aromatic nitrogens is 1. The van der Waals surface area contributed by atoms with Gasteiger partial charge in [0.2, 0.25) is 5.91 Å². The number of amides is 1. The lowest BCUT2D eigenvalue weighted by Crippen LogP contribution is -2.37. The number of thiocarbonyl (C=S) groups is 1. The number of nitrogens with one attached hydrogen (secondary N) is 2. The molecule has 0 unspecified atom stereocenters. The maximum absolute atomic E-state index is 12.2. The highest BCUT2D eigenvalue weighted by atomic mass is 32.1. The Morgan fingerprint density at radius 2 is 1.61 bits per heavy atom. The van der Waals surface area contributed by atoms with Crippen molar-refractivity contribution in [3.05, 3.63) is 60.0 Å². The largest absolute Gasteiger partial charge is 0.308 e. The van der Waals surface area contributed by atoms with Crippen molar-refractivity contribution in [1.29, 1.82) is 0 Å². The molecule has 0 saturated heterocycles. The lowest BCUT2D eigenvalue weighted by Gasteiger charge is -2.11. The van der Waals surface area contributed by atoms with Crippen molar-refractivity contribution in [3.8, 4) is 22.4 Å². The molecule has 1 fully saturated rings. The van der Waals surface area contributed by atoms with Gasteiger partial charge in [-0.3, -0.25) is 4.79 Å². The molecule has 1 aliphatic carbocycles. The topological polar surface area (TPSA) is 54.0 Å². The number of hydrogen-bond donors (Lipinski definition) is 2. The highest BCUT2D eigenvalue weighted by molar-refractivity contribution is 7.80. The molecule has 1 aromatic heterocycles. The Labute approximate surface area is 174 Å². The Kier molecular flexibility index (Phi) is 5.78. The summed E-state index contributed by atoms with van der Waals surface area (Å²) < 4.78 is 0. The van der Waals surface area contributed by atoms with Crippen molar-refractivity contribution in [2.45, 2.75) is 25.7 Å². The van der Waals surface area contributed by atoms with Crippen molar-refractivity contribution < 1.29 is 4.79 Å². The van der Waals surface area contributed by atoms with Crippen molar-refractivity contribution in [2.24, 2.45) is 5.92 Å². The smallest absolute Gasteiger partial charge is 0.229 e. The summed E-state index contributed by atoms with van der Waals surface area (Å²) in [7, 11) is 0. The minimum atomic E-state index is 0.0169. The van der Waals surface area contributed by atoms with E-state index in [1.54, 1.807) is 0 Å². The predicted molar refractivity (Wildman–Crippen MR) is 119 cm³/mol. The minimum Gasteiger partial charge on any atom is -0.308 e. The first-order valence-electron chi connectivity index (χ1n) is 9.42. The van der Waals surface area contributed by atoms with Gasteiger partial charge >= 0.3 is 0 Å². The lowest BCUT2D eigenvalue weighted by atomic mass is 10.0. The van der Waals surface area contributed by atoms with Crippen molar-refractivity contribution >= 4 is 39.7 Å². The number of thiazole rings is 1.